The molecule has 0 bridgehead atoms. The predicted molar refractivity (Wildman–Crippen MR) is 63.2 cm³/mol. The van der Waals surface area contributed by atoms with Crippen LogP contribution in [0.2, 0.25) is 0 Å². The van der Waals surface area contributed by atoms with E-state index < -0.39 is 0 Å². The first kappa shape index (κ1) is 11.9. The molecule has 0 saturated heterocycles. The van der Waals surface area contributed by atoms with Gasteiger partial charge in [-0.1, -0.05) is 19.8 Å². The number of ether oxygens (including phenoxy) is 1. The van der Waals surface area contributed by atoms with Crippen LogP contribution in [0.5, 0.6) is 0 Å². The minimum Gasteiger partial charge on any atom is -0.465 e. The lowest BCUT2D eigenvalue weighted by atomic mass is 9.76. The van der Waals surface area contributed by atoms with Gasteiger partial charge in [0.1, 0.15) is 5.54 Å². The van der Waals surface area contributed by atoms with Gasteiger partial charge in [0.15, 0.2) is 0 Å². The summed E-state index contributed by atoms with van der Waals surface area (Å²) in [5, 5.41) is 3.55. The molecule has 0 spiro atoms. The highest BCUT2D eigenvalue weighted by molar-refractivity contribution is 5.81. The number of rotatable bonds is 4. The summed E-state index contributed by atoms with van der Waals surface area (Å²) in [5.41, 5.74) is -0.366. The van der Waals surface area contributed by atoms with Crippen LogP contribution in [-0.2, 0) is 9.53 Å². The quantitative estimate of drug-likeness (QED) is 0.746. The van der Waals surface area contributed by atoms with Gasteiger partial charge in [0.25, 0.3) is 0 Å². The summed E-state index contributed by atoms with van der Waals surface area (Å²) in [7, 11) is 0. The SMILES string of the molecule is CCOC(=O)C1(NC2CC2)CCCC(C)C1. The highest BCUT2D eigenvalue weighted by atomic mass is 16.5. The Morgan fingerprint density at radius 1 is 1.44 bits per heavy atom. The summed E-state index contributed by atoms with van der Waals surface area (Å²) >= 11 is 0. The highest BCUT2D eigenvalue weighted by Gasteiger charge is 2.45. The van der Waals surface area contributed by atoms with Gasteiger partial charge in [0.2, 0.25) is 0 Å². The maximum atomic E-state index is 12.1. The fourth-order valence-corrected chi connectivity index (χ4v) is 2.81. The first-order valence-electron chi connectivity index (χ1n) is 6.61. The first-order chi connectivity index (χ1) is 7.66. The van der Waals surface area contributed by atoms with Crippen LogP contribution in [0.25, 0.3) is 0 Å². The van der Waals surface area contributed by atoms with Gasteiger partial charge in [0.05, 0.1) is 6.61 Å². The van der Waals surface area contributed by atoms with Crippen LogP contribution in [0.1, 0.15) is 52.4 Å². The van der Waals surface area contributed by atoms with E-state index in [9.17, 15) is 4.79 Å². The van der Waals surface area contributed by atoms with Crippen LogP contribution in [0.3, 0.4) is 0 Å². The number of carbonyl (C=O) groups excluding carboxylic acids is 1. The first-order valence-corrected chi connectivity index (χ1v) is 6.61. The van der Waals surface area contributed by atoms with Crippen molar-refractivity contribution in [3.8, 4) is 0 Å². The molecule has 2 rings (SSSR count). The molecule has 1 N–H and O–H groups in total. The lowest BCUT2D eigenvalue weighted by Crippen LogP contribution is -2.56. The fraction of sp³-hybridized carbons (Fsp3) is 0.923. The van der Waals surface area contributed by atoms with E-state index in [1.165, 1.54) is 19.3 Å². The van der Waals surface area contributed by atoms with Gasteiger partial charge in [-0.3, -0.25) is 10.1 Å². The van der Waals surface area contributed by atoms with Crippen LogP contribution in [0.15, 0.2) is 0 Å². The summed E-state index contributed by atoms with van der Waals surface area (Å²) in [6.45, 7) is 4.61. The Kier molecular flexibility index (Phi) is 3.53. The Bertz CT molecular complexity index is 259. The van der Waals surface area contributed by atoms with E-state index in [1.807, 2.05) is 6.92 Å². The third-order valence-corrected chi connectivity index (χ3v) is 3.72. The van der Waals surface area contributed by atoms with Gasteiger partial charge in [-0.25, -0.2) is 0 Å². The van der Waals surface area contributed by atoms with Crippen molar-refractivity contribution in [3.05, 3.63) is 0 Å². The van der Waals surface area contributed by atoms with Gasteiger partial charge in [-0.15, -0.1) is 0 Å². The monoisotopic (exact) mass is 225 g/mol. The second-order valence-electron chi connectivity index (χ2n) is 5.42. The van der Waals surface area contributed by atoms with Crippen molar-refractivity contribution in [1.29, 1.82) is 0 Å². The predicted octanol–water partition coefficient (Wildman–Crippen LogP) is 2.25. The van der Waals surface area contributed by atoms with E-state index in [0.29, 0.717) is 18.6 Å². The molecule has 0 heterocycles. The largest absolute Gasteiger partial charge is 0.465 e. The zero-order valence-electron chi connectivity index (χ0n) is 10.4. The second-order valence-corrected chi connectivity index (χ2v) is 5.42. The lowest BCUT2D eigenvalue weighted by Gasteiger charge is -2.38. The number of nitrogens with one attached hydrogen (secondary N) is 1. The molecule has 0 amide bonds. The third kappa shape index (κ3) is 2.57. The molecule has 0 aromatic rings. The molecule has 16 heavy (non-hydrogen) atoms. The molecule has 2 aliphatic rings. The van der Waals surface area contributed by atoms with Gasteiger partial charge in [-0.05, 0) is 38.5 Å². The molecule has 2 aliphatic carbocycles. The highest BCUT2D eigenvalue weighted by Crippen LogP contribution is 2.36. The van der Waals surface area contributed by atoms with Gasteiger partial charge in [0, 0.05) is 6.04 Å². The van der Waals surface area contributed by atoms with Gasteiger partial charge < -0.3 is 4.74 Å². The zero-order valence-corrected chi connectivity index (χ0v) is 10.4. The molecule has 92 valence electrons. The van der Waals surface area contributed by atoms with Crippen molar-refractivity contribution in [3.63, 3.8) is 0 Å². The Hall–Kier alpha value is -0.570. The molecule has 3 heteroatoms. The van der Waals surface area contributed by atoms with Crippen molar-refractivity contribution in [2.75, 3.05) is 6.61 Å². The Labute approximate surface area is 97.9 Å². The van der Waals surface area contributed by atoms with E-state index in [1.54, 1.807) is 0 Å². The molecule has 0 aromatic heterocycles. The third-order valence-electron chi connectivity index (χ3n) is 3.72. The molecule has 2 unspecified atom stereocenters. The Balaban J connectivity index is 2.06. The average Bonchev–Trinajstić information content (AvgIpc) is 3.02. The van der Waals surface area contributed by atoms with E-state index in [-0.39, 0.29) is 11.5 Å². The summed E-state index contributed by atoms with van der Waals surface area (Å²) < 4.78 is 5.26. The number of esters is 1. The molecule has 2 fully saturated rings. The number of hydrogen-bond acceptors (Lipinski definition) is 3. The molecular weight excluding hydrogens is 202 g/mol. The number of hydrogen-bond donors (Lipinski definition) is 1. The summed E-state index contributed by atoms with van der Waals surface area (Å²) in [6, 6.07) is 0.565. The molecule has 3 nitrogen and oxygen atoms in total. The molecule has 0 aromatic carbocycles. The van der Waals surface area contributed by atoms with Crippen molar-refractivity contribution in [2.24, 2.45) is 5.92 Å². The van der Waals surface area contributed by atoms with E-state index in [2.05, 4.69) is 12.2 Å². The Morgan fingerprint density at radius 3 is 2.75 bits per heavy atom. The normalized spacial score (nSPS) is 34.8. The van der Waals surface area contributed by atoms with Crippen molar-refractivity contribution < 1.29 is 9.53 Å². The lowest BCUT2D eigenvalue weighted by molar-refractivity contribution is -0.153. The molecule has 0 radical (unpaired) electrons. The molecule has 2 saturated carbocycles. The summed E-state index contributed by atoms with van der Waals surface area (Å²) in [5.74, 6) is 0.609. The van der Waals surface area contributed by atoms with Crippen LogP contribution in [0.4, 0.5) is 0 Å². The van der Waals surface area contributed by atoms with Crippen molar-refractivity contribution in [2.45, 2.75) is 64.0 Å². The van der Waals surface area contributed by atoms with Crippen LogP contribution in [-0.4, -0.2) is 24.2 Å². The fourth-order valence-electron chi connectivity index (χ4n) is 2.81. The van der Waals surface area contributed by atoms with E-state index >= 15 is 0 Å². The van der Waals surface area contributed by atoms with Gasteiger partial charge >= 0.3 is 5.97 Å². The van der Waals surface area contributed by atoms with Crippen molar-refractivity contribution >= 4 is 5.97 Å². The van der Waals surface area contributed by atoms with Crippen LogP contribution >= 0.6 is 0 Å². The Morgan fingerprint density at radius 2 is 2.19 bits per heavy atom. The minimum atomic E-state index is -0.366. The minimum absolute atomic E-state index is 0.0200. The summed E-state index contributed by atoms with van der Waals surface area (Å²) in [4.78, 5) is 12.1. The van der Waals surface area contributed by atoms with Crippen LogP contribution in [0, 0.1) is 5.92 Å². The smallest absolute Gasteiger partial charge is 0.326 e. The average molecular weight is 225 g/mol. The molecular formula is C13H23NO2. The maximum Gasteiger partial charge on any atom is 0.326 e. The van der Waals surface area contributed by atoms with Crippen LogP contribution < -0.4 is 5.32 Å². The van der Waals surface area contributed by atoms with Gasteiger partial charge in [-0.2, -0.15) is 0 Å². The molecule has 2 atom stereocenters. The summed E-state index contributed by atoms with van der Waals surface area (Å²) in [6.07, 6.45) is 6.72. The van der Waals surface area contributed by atoms with Crippen molar-refractivity contribution in [1.82, 2.24) is 5.32 Å². The standard InChI is InChI=1S/C13H23NO2/c1-3-16-12(15)13(14-11-6-7-11)8-4-5-10(2)9-13/h10-11,14H,3-9H2,1-2H3. The number of carbonyl (C=O) groups is 1. The second kappa shape index (κ2) is 4.74. The van der Waals surface area contributed by atoms with E-state index in [4.69, 9.17) is 4.74 Å². The van der Waals surface area contributed by atoms with E-state index in [0.717, 1.165) is 19.3 Å². The topological polar surface area (TPSA) is 38.3 Å². The molecule has 0 aliphatic heterocycles. The zero-order chi connectivity index (χ0) is 11.6. The maximum absolute atomic E-state index is 12.1.